The highest BCUT2D eigenvalue weighted by molar-refractivity contribution is 6.39. The van der Waals surface area contributed by atoms with Crippen molar-refractivity contribution in [1.29, 1.82) is 0 Å². The van der Waals surface area contributed by atoms with Crippen molar-refractivity contribution in [3.8, 4) is 11.5 Å². The first kappa shape index (κ1) is 25.5. The molecule has 1 N–H and O–H groups in total. The molecule has 0 aromatic heterocycles. The number of carbonyl (C=O) groups excluding carboxylic acids is 3. The van der Waals surface area contributed by atoms with Crippen LogP contribution in [0.3, 0.4) is 0 Å². The fourth-order valence-corrected chi connectivity index (χ4v) is 4.16. The largest absolute Gasteiger partial charge is 0.493 e. The molecule has 11 heteroatoms. The molecule has 184 valence electrons. The Morgan fingerprint density at radius 3 is 2.47 bits per heavy atom. The Morgan fingerprint density at radius 1 is 1.00 bits per heavy atom. The van der Waals surface area contributed by atoms with Crippen LogP contribution in [0.25, 0.3) is 6.08 Å². The van der Waals surface area contributed by atoms with E-state index in [4.69, 9.17) is 44.3 Å². The lowest BCUT2D eigenvalue weighted by Crippen LogP contribution is -2.54. The zero-order valence-electron chi connectivity index (χ0n) is 18.5. The normalized spacial score (nSPS) is 14.8. The van der Waals surface area contributed by atoms with Gasteiger partial charge < -0.3 is 9.47 Å². The molecule has 1 aliphatic rings. The van der Waals surface area contributed by atoms with Crippen molar-refractivity contribution < 1.29 is 28.2 Å². The van der Waals surface area contributed by atoms with Crippen LogP contribution in [-0.4, -0.2) is 25.0 Å². The van der Waals surface area contributed by atoms with Gasteiger partial charge in [-0.3, -0.25) is 14.9 Å². The maximum atomic E-state index is 13.7. The number of nitrogens with zero attached hydrogens (tertiary/aromatic N) is 1. The zero-order valence-corrected chi connectivity index (χ0v) is 20.7. The number of benzene rings is 3. The summed E-state index contributed by atoms with van der Waals surface area (Å²) < 4.78 is 24.9. The molecule has 1 heterocycles. The Kier molecular flexibility index (Phi) is 7.49. The summed E-state index contributed by atoms with van der Waals surface area (Å²) in [6, 6.07) is 11.8. The number of amides is 4. The summed E-state index contributed by atoms with van der Waals surface area (Å²) in [6.07, 6.45) is 1.24. The van der Waals surface area contributed by atoms with E-state index in [9.17, 15) is 18.8 Å². The van der Waals surface area contributed by atoms with Gasteiger partial charge in [-0.15, -0.1) is 0 Å². The molecule has 0 spiro atoms. The molecule has 0 unspecified atom stereocenters. The Bertz CT molecular complexity index is 1430. The highest BCUT2D eigenvalue weighted by atomic mass is 35.5. The molecular formula is C25H16Cl3FN2O5. The van der Waals surface area contributed by atoms with Crippen LogP contribution in [-0.2, 0) is 16.2 Å². The van der Waals surface area contributed by atoms with Gasteiger partial charge in [-0.1, -0.05) is 46.9 Å². The third kappa shape index (κ3) is 5.31. The van der Waals surface area contributed by atoms with Gasteiger partial charge in [0.2, 0.25) is 0 Å². The molecule has 1 saturated heterocycles. The number of halogens is 4. The van der Waals surface area contributed by atoms with Crippen LogP contribution in [0.15, 0.2) is 60.2 Å². The lowest BCUT2D eigenvalue weighted by atomic mass is 10.1. The number of anilines is 1. The van der Waals surface area contributed by atoms with E-state index in [1.165, 1.54) is 37.5 Å². The summed E-state index contributed by atoms with van der Waals surface area (Å²) in [7, 11) is 1.40. The number of carbonyl (C=O) groups is 3. The topological polar surface area (TPSA) is 84.9 Å². The summed E-state index contributed by atoms with van der Waals surface area (Å²) in [6.45, 7) is 0.0676. The van der Waals surface area contributed by atoms with Crippen molar-refractivity contribution in [2.45, 2.75) is 6.61 Å². The Hall–Kier alpha value is -3.59. The van der Waals surface area contributed by atoms with Gasteiger partial charge in [0.05, 0.1) is 17.8 Å². The van der Waals surface area contributed by atoms with Crippen molar-refractivity contribution >= 4 is 64.4 Å². The maximum Gasteiger partial charge on any atom is 0.335 e. The van der Waals surface area contributed by atoms with Gasteiger partial charge in [0.1, 0.15) is 18.0 Å². The minimum absolute atomic E-state index is 0.0314. The summed E-state index contributed by atoms with van der Waals surface area (Å²) in [5.41, 5.74) is 0.590. The SMILES string of the molecule is COc1cc(/C=C2\C(=O)NC(=O)N(c3cccc(F)c3)C2=O)cc(Cl)c1OCc1ccc(Cl)cc1Cl. The third-order valence-electron chi connectivity index (χ3n) is 5.12. The average molecular weight is 550 g/mol. The van der Waals surface area contributed by atoms with Gasteiger partial charge >= 0.3 is 6.03 Å². The molecule has 0 saturated carbocycles. The summed E-state index contributed by atoms with van der Waals surface area (Å²) >= 11 is 18.5. The number of urea groups is 1. The summed E-state index contributed by atoms with van der Waals surface area (Å²) in [4.78, 5) is 38.5. The Morgan fingerprint density at radius 2 is 1.78 bits per heavy atom. The fourth-order valence-electron chi connectivity index (χ4n) is 3.43. The van der Waals surface area contributed by atoms with Crippen molar-refractivity contribution in [2.75, 3.05) is 12.0 Å². The van der Waals surface area contributed by atoms with Crippen LogP contribution in [0.4, 0.5) is 14.9 Å². The quantitative estimate of drug-likeness (QED) is 0.299. The second-order valence-electron chi connectivity index (χ2n) is 7.50. The van der Waals surface area contributed by atoms with E-state index in [0.29, 0.717) is 26.1 Å². The standard InChI is InChI=1S/C25H16Cl3FN2O5/c1-35-21-9-13(8-20(28)22(21)36-12-14-5-6-15(26)10-19(14)27)7-18-23(32)30-25(34)31(24(18)33)17-4-2-3-16(29)11-17/h2-11H,12H2,1H3,(H,30,32,34)/b18-7+. The lowest BCUT2D eigenvalue weighted by Gasteiger charge is -2.26. The molecule has 3 aromatic rings. The van der Waals surface area contributed by atoms with E-state index in [-0.39, 0.29) is 34.4 Å². The van der Waals surface area contributed by atoms with E-state index in [1.807, 2.05) is 0 Å². The molecular weight excluding hydrogens is 534 g/mol. The van der Waals surface area contributed by atoms with Crippen LogP contribution in [0, 0.1) is 5.82 Å². The van der Waals surface area contributed by atoms with Crippen molar-refractivity contribution in [3.05, 3.63) is 92.2 Å². The summed E-state index contributed by atoms with van der Waals surface area (Å²) in [5.74, 6) is -2.06. The van der Waals surface area contributed by atoms with Gasteiger partial charge in [-0.2, -0.15) is 0 Å². The number of ether oxygens (including phenoxy) is 2. The first-order valence-corrected chi connectivity index (χ1v) is 11.4. The first-order chi connectivity index (χ1) is 17.2. The third-order valence-corrected chi connectivity index (χ3v) is 5.99. The van der Waals surface area contributed by atoms with Crippen molar-refractivity contribution in [3.63, 3.8) is 0 Å². The van der Waals surface area contributed by atoms with Gasteiger partial charge in [0.15, 0.2) is 11.5 Å². The molecule has 4 rings (SSSR count). The zero-order chi connectivity index (χ0) is 26.0. The summed E-state index contributed by atoms with van der Waals surface area (Å²) in [5, 5.41) is 3.11. The van der Waals surface area contributed by atoms with Crippen LogP contribution in [0.2, 0.25) is 15.1 Å². The molecule has 0 atom stereocenters. The van der Waals surface area contributed by atoms with Gasteiger partial charge in [0, 0.05) is 15.6 Å². The lowest BCUT2D eigenvalue weighted by molar-refractivity contribution is -0.122. The van der Waals surface area contributed by atoms with E-state index in [1.54, 1.807) is 18.2 Å². The van der Waals surface area contributed by atoms with Gasteiger partial charge in [-0.25, -0.2) is 14.1 Å². The molecule has 4 amide bonds. The van der Waals surface area contributed by atoms with Gasteiger partial charge in [-0.05, 0) is 54.1 Å². The van der Waals surface area contributed by atoms with Gasteiger partial charge in [0.25, 0.3) is 11.8 Å². The average Bonchev–Trinajstić information content (AvgIpc) is 2.81. The van der Waals surface area contributed by atoms with E-state index in [2.05, 4.69) is 5.32 Å². The molecule has 1 aliphatic heterocycles. The molecule has 0 radical (unpaired) electrons. The second-order valence-corrected chi connectivity index (χ2v) is 8.75. The Labute approximate surface area is 220 Å². The fraction of sp³-hybridized carbons (Fsp3) is 0.0800. The highest BCUT2D eigenvalue weighted by Gasteiger charge is 2.37. The molecule has 7 nitrogen and oxygen atoms in total. The van der Waals surface area contributed by atoms with E-state index < -0.39 is 23.7 Å². The minimum atomic E-state index is -0.993. The molecule has 0 bridgehead atoms. The van der Waals surface area contributed by atoms with E-state index in [0.717, 1.165) is 12.1 Å². The van der Waals surface area contributed by atoms with Crippen molar-refractivity contribution in [1.82, 2.24) is 5.32 Å². The highest BCUT2D eigenvalue weighted by Crippen LogP contribution is 2.38. The number of hydrogen-bond acceptors (Lipinski definition) is 5. The van der Waals surface area contributed by atoms with E-state index >= 15 is 0 Å². The monoisotopic (exact) mass is 548 g/mol. The maximum absolute atomic E-state index is 13.7. The molecule has 36 heavy (non-hydrogen) atoms. The Balaban J connectivity index is 1.64. The number of nitrogens with one attached hydrogen (secondary N) is 1. The number of methoxy groups -OCH3 is 1. The second kappa shape index (κ2) is 10.6. The predicted octanol–water partition coefficient (Wildman–Crippen LogP) is 6.04. The van der Waals surface area contributed by atoms with Crippen LogP contribution in [0.1, 0.15) is 11.1 Å². The molecule has 1 fully saturated rings. The molecule has 3 aromatic carbocycles. The first-order valence-electron chi connectivity index (χ1n) is 10.3. The van der Waals surface area contributed by atoms with Crippen LogP contribution in [0.5, 0.6) is 11.5 Å². The smallest absolute Gasteiger partial charge is 0.335 e. The minimum Gasteiger partial charge on any atom is -0.493 e. The van der Waals surface area contributed by atoms with Crippen LogP contribution < -0.4 is 19.7 Å². The molecule has 0 aliphatic carbocycles. The number of imide groups is 2. The number of rotatable bonds is 6. The number of hydrogen-bond donors (Lipinski definition) is 1. The predicted molar refractivity (Wildman–Crippen MR) is 134 cm³/mol. The van der Waals surface area contributed by atoms with Crippen molar-refractivity contribution in [2.24, 2.45) is 0 Å². The van der Waals surface area contributed by atoms with Crippen LogP contribution >= 0.6 is 34.8 Å². The number of barbiturate groups is 1.